The fourth-order valence-corrected chi connectivity index (χ4v) is 2.77. The van der Waals surface area contributed by atoms with E-state index < -0.39 is 0 Å². The third-order valence-electron chi connectivity index (χ3n) is 2.69. The largest absolute Gasteiger partial charge is 0.387 e. The average molecular weight is 264 g/mol. The Kier molecular flexibility index (Phi) is 2.87. The Bertz CT molecular complexity index is 550. The molecule has 2 heterocycles. The Labute approximate surface area is 108 Å². The van der Waals surface area contributed by atoms with Crippen LogP contribution in [0.1, 0.15) is 23.0 Å². The van der Waals surface area contributed by atoms with Crippen molar-refractivity contribution in [3.05, 3.63) is 57.2 Å². The summed E-state index contributed by atoms with van der Waals surface area (Å²) in [6.07, 6.45) is 0.798. The lowest BCUT2D eigenvalue weighted by atomic mass is 10.0. The van der Waals surface area contributed by atoms with E-state index in [-0.39, 0.29) is 6.10 Å². The van der Waals surface area contributed by atoms with E-state index in [0.717, 1.165) is 22.7 Å². The van der Waals surface area contributed by atoms with Gasteiger partial charge in [0.25, 0.3) is 0 Å². The third-order valence-corrected chi connectivity index (χ3v) is 3.85. The zero-order valence-electron chi connectivity index (χ0n) is 8.97. The van der Waals surface area contributed by atoms with Gasteiger partial charge in [0.2, 0.25) is 0 Å². The van der Waals surface area contributed by atoms with Gasteiger partial charge in [0.05, 0.1) is 4.88 Å². The van der Waals surface area contributed by atoms with Crippen LogP contribution in [0.25, 0.3) is 0 Å². The van der Waals surface area contributed by atoms with Crippen LogP contribution in [0.2, 0.25) is 5.02 Å². The number of oxime groups is 1. The van der Waals surface area contributed by atoms with Crippen LogP contribution in [0.4, 0.5) is 0 Å². The Hall–Kier alpha value is -1.32. The van der Waals surface area contributed by atoms with Gasteiger partial charge in [0.15, 0.2) is 6.10 Å². The maximum Gasteiger partial charge on any atom is 0.158 e. The lowest BCUT2D eigenvalue weighted by Crippen LogP contribution is -1.99. The number of hydrogen-bond acceptors (Lipinski definition) is 3. The van der Waals surface area contributed by atoms with E-state index in [4.69, 9.17) is 16.4 Å². The van der Waals surface area contributed by atoms with Crippen molar-refractivity contribution in [2.45, 2.75) is 12.5 Å². The van der Waals surface area contributed by atoms with E-state index in [1.165, 1.54) is 4.88 Å². The standard InChI is InChI=1S/C13H10ClNOS/c14-10-4-1-3-9(7-10)12-8-11(15-16-12)13-5-2-6-17-13/h1-7,12H,8H2. The molecule has 1 unspecified atom stereocenters. The van der Waals surface area contributed by atoms with Gasteiger partial charge in [-0.25, -0.2) is 0 Å². The first kappa shape index (κ1) is 10.8. The summed E-state index contributed by atoms with van der Waals surface area (Å²) in [4.78, 5) is 6.64. The summed E-state index contributed by atoms with van der Waals surface area (Å²) in [7, 11) is 0. The minimum absolute atomic E-state index is 0.00852. The van der Waals surface area contributed by atoms with Crippen LogP contribution in [-0.2, 0) is 4.84 Å². The molecule has 4 heteroatoms. The van der Waals surface area contributed by atoms with E-state index in [2.05, 4.69) is 11.2 Å². The van der Waals surface area contributed by atoms with Crippen molar-refractivity contribution >= 4 is 28.6 Å². The highest BCUT2D eigenvalue weighted by Gasteiger charge is 2.24. The Morgan fingerprint density at radius 3 is 3.00 bits per heavy atom. The number of rotatable bonds is 2. The third kappa shape index (κ3) is 2.21. The van der Waals surface area contributed by atoms with Crippen LogP contribution in [0, 0.1) is 0 Å². The van der Waals surface area contributed by atoms with Gasteiger partial charge in [-0.2, -0.15) is 0 Å². The Morgan fingerprint density at radius 2 is 2.24 bits per heavy atom. The van der Waals surface area contributed by atoms with Crippen LogP contribution in [0.5, 0.6) is 0 Å². The van der Waals surface area contributed by atoms with Crippen molar-refractivity contribution < 1.29 is 4.84 Å². The van der Waals surface area contributed by atoms with Gasteiger partial charge < -0.3 is 4.84 Å². The minimum atomic E-state index is -0.00852. The summed E-state index contributed by atoms with van der Waals surface area (Å²) < 4.78 is 0. The molecule has 1 aliphatic rings. The van der Waals surface area contributed by atoms with E-state index in [0.29, 0.717) is 0 Å². The van der Waals surface area contributed by atoms with Crippen LogP contribution < -0.4 is 0 Å². The molecule has 2 aromatic rings. The second kappa shape index (κ2) is 4.51. The van der Waals surface area contributed by atoms with Gasteiger partial charge in [0.1, 0.15) is 5.71 Å². The van der Waals surface area contributed by atoms with Gasteiger partial charge in [-0.1, -0.05) is 35.0 Å². The monoisotopic (exact) mass is 263 g/mol. The Morgan fingerprint density at radius 1 is 1.29 bits per heavy atom. The van der Waals surface area contributed by atoms with Gasteiger partial charge in [0, 0.05) is 11.4 Å². The van der Waals surface area contributed by atoms with Crippen molar-refractivity contribution in [1.29, 1.82) is 0 Å². The van der Waals surface area contributed by atoms with Crippen LogP contribution >= 0.6 is 22.9 Å². The molecule has 86 valence electrons. The van der Waals surface area contributed by atoms with Crippen LogP contribution in [0.15, 0.2) is 46.9 Å². The number of thiophene rings is 1. The molecule has 0 spiro atoms. The smallest absolute Gasteiger partial charge is 0.158 e. The fourth-order valence-electron chi connectivity index (χ4n) is 1.85. The fraction of sp³-hybridized carbons (Fsp3) is 0.154. The summed E-state index contributed by atoms with van der Waals surface area (Å²) >= 11 is 7.65. The molecular weight excluding hydrogens is 254 g/mol. The predicted molar refractivity (Wildman–Crippen MR) is 70.8 cm³/mol. The van der Waals surface area contributed by atoms with Crippen molar-refractivity contribution in [2.24, 2.45) is 5.16 Å². The molecule has 0 aliphatic carbocycles. The predicted octanol–water partition coefficient (Wildman–Crippen LogP) is 4.27. The molecule has 0 saturated heterocycles. The molecule has 0 saturated carbocycles. The van der Waals surface area contributed by atoms with E-state index >= 15 is 0 Å². The maximum atomic E-state index is 5.97. The number of nitrogens with zero attached hydrogens (tertiary/aromatic N) is 1. The quantitative estimate of drug-likeness (QED) is 0.793. The molecule has 1 aromatic carbocycles. The average Bonchev–Trinajstić information content (AvgIpc) is 3.00. The molecule has 2 nitrogen and oxygen atoms in total. The molecule has 1 aromatic heterocycles. The molecule has 1 atom stereocenters. The second-order valence-corrected chi connectivity index (χ2v) is 5.25. The SMILES string of the molecule is Clc1cccc(C2CC(c3cccs3)=NO2)c1. The first-order valence-electron chi connectivity index (χ1n) is 5.35. The Balaban J connectivity index is 1.79. The number of hydrogen-bond donors (Lipinski definition) is 0. The molecule has 1 aliphatic heterocycles. The highest BCUT2D eigenvalue weighted by atomic mass is 35.5. The summed E-state index contributed by atoms with van der Waals surface area (Å²) in [5.41, 5.74) is 2.10. The first-order valence-corrected chi connectivity index (χ1v) is 6.61. The highest BCUT2D eigenvalue weighted by Crippen LogP contribution is 2.31. The topological polar surface area (TPSA) is 21.6 Å². The maximum absolute atomic E-state index is 5.97. The lowest BCUT2D eigenvalue weighted by Gasteiger charge is -2.08. The van der Waals surface area contributed by atoms with Crippen molar-refractivity contribution in [3.63, 3.8) is 0 Å². The summed E-state index contributed by atoms with van der Waals surface area (Å²) in [6.45, 7) is 0. The number of benzene rings is 1. The first-order chi connectivity index (χ1) is 8.33. The molecular formula is C13H10ClNOS. The van der Waals surface area contributed by atoms with Gasteiger partial charge in [-0.3, -0.25) is 0 Å². The summed E-state index contributed by atoms with van der Waals surface area (Å²) in [6, 6.07) is 11.8. The molecule has 3 rings (SSSR count). The van der Waals surface area contributed by atoms with Crippen molar-refractivity contribution in [3.8, 4) is 0 Å². The van der Waals surface area contributed by atoms with E-state index in [1.54, 1.807) is 11.3 Å². The van der Waals surface area contributed by atoms with Gasteiger partial charge in [-0.15, -0.1) is 11.3 Å². The van der Waals surface area contributed by atoms with Gasteiger partial charge in [-0.05, 0) is 29.1 Å². The number of halogens is 1. The zero-order valence-corrected chi connectivity index (χ0v) is 10.5. The lowest BCUT2D eigenvalue weighted by molar-refractivity contribution is 0.0857. The molecule has 0 amide bonds. The van der Waals surface area contributed by atoms with Gasteiger partial charge >= 0.3 is 0 Å². The zero-order chi connectivity index (χ0) is 11.7. The molecule has 17 heavy (non-hydrogen) atoms. The van der Waals surface area contributed by atoms with Crippen LogP contribution in [0.3, 0.4) is 0 Å². The molecule has 0 radical (unpaired) electrons. The van der Waals surface area contributed by atoms with Crippen LogP contribution in [-0.4, -0.2) is 5.71 Å². The molecule has 0 bridgehead atoms. The summed E-state index contributed by atoms with van der Waals surface area (Å²) in [5.74, 6) is 0. The minimum Gasteiger partial charge on any atom is -0.387 e. The van der Waals surface area contributed by atoms with Crippen molar-refractivity contribution in [1.82, 2.24) is 0 Å². The molecule has 0 fully saturated rings. The normalized spacial score (nSPS) is 18.9. The second-order valence-electron chi connectivity index (χ2n) is 3.87. The van der Waals surface area contributed by atoms with E-state index in [1.807, 2.05) is 35.7 Å². The summed E-state index contributed by atoms with van der Waals surface area (Å²) in [5, 5.41) is 6.93. The van der Waals surface area contributed by atoms with Crippen molar-refractivity contribution in [2.75, 3.05) is 0 Å². The highest BCUT2D eigenvalue weighted by molar-refractivity contribution is 7.12. The molecule has 0 N–H and O–H groups in total. The van der Waals surface area contributed by atoms with E-state index in [9.17, 15) is 0 Å².